The number of carboxylic acids is 1. The fourth-order valence-electron chi connectivity index (χ4n) is 0.316. The van der Waals surface area contributed by atoms with E-state index in [0.29, 0.717) is 0 Å². The molecule has 0 saturated heterocycles. The maximum atomic E-state index is 10.6. The van der Waals surface area contributed by atoms with Gasteiger partial charge in [-0.25, -0.2) is 4.79 Å². The van der Waals surface area contributed by atoms with Crippen LogP contribution in [-0.4, -0.2) is 16.9 Å². The predicted molar refractivity (Wildman–Crippen MR) is 45.8 cm³/mol. The van der Waals surface area contributed by atoms with Gasteiger partial charge in [0.2, 0.25) is 0 Å². The average molecular weight is 188 g/mol. The second-order valence-electron chi connectivity index (χ2n) is 1.79. The molecule has 0 bridgehead atoms. The van der Waals surface area contributed by atoms with E-state index in [1.165, 1.54) is 0 Å². The highest BCUT2D eigenvalue weighted by Gasteiger charge is 2.13. The molecule has 0 aliphatic heterocycles. The number of rotatable bonds is 4. The quantitative estimate of drug-likeness (QED) is 0.409. The molecule has 0 aromatic heterocycles. The van der Waals surface area contributed by atoms with Crippen LogP contribution in [0.25, 0.3) is 0 Å². The van der Waals surface area contributed by atoms with Crippen molar-refractivity contribution in [3.8, 4) is 0 Å². The van der Waals surface area contributed by atoms with E-state index >= 15 is 0 Å². The van der Waals surface area contributed by atoms with E-state index in [1.807, 2.05) is 0 Å². The molecule has 0 unspecified atom stereocenters. The summed E-state index contributed by atoms with van der Waals surface area (Å²) < 4.78 is 0. The van der Waals surface area contributed by atoms with E-state index in [-0.39, 0.29) is 10.7 Å². The first-order valence-corrected chi connectivity index (χ1v) is 3.67. The summed E-state index contributed by atoms with van der Waals surface area (Å²) in [6.45, 7) is 3.31. The molecule has 0 amide bonds. The number of aliphatic carboxylic acids is 1. The van der Waals surface area contributed by atoms with Crippen LogP contribution >= 0.6 is 11.8 Å². The third-order valence-electron chi connectivity index (χ3n) is 0.794. The van der Waals surface area contributed by atoms with Gasteiger partial charge in [-0.05, 0) is 0 Å². The zero-order valence-corrected chi connectivity index (χ0v) is 6.93. The first-order valence-electron chi connectivity index (χ1n) is 2.79. The lowest BCUT2D eigenvalue weighted by atomic mass is 10.3. The number of carbonyl (C=O) groups is 2. The van der Waals surface area contributed by atoms with Crippen molar-refractivity contribution in [2.75, 3.05) is 0 Å². The van der Waals surface area contributed by atoms with Crippen LogP contribution in [0.1, 0.15) is 0 Å². The lowest BCUT2D eigenvalue weighted by Gasteiger charge is -1.94. The highest BCUT2D eigenvalue weighted by Crippen LogP contribution is 2.09. The van der Waals surface area contributed by atoms with Crippen LogP contribution in [0, 0.1) is 0 Å². The molecule has 12 heavy (non-hydrogen) atoms. The van der Waals surface area contributed by atoms with Gasteiger partial charge in [-0.2, -0.15) is 0 Å². The van der Waals surface area contributed by atoms with E-state index < -0.39 is 11.8 Å². The monoisotopic (exact) mass is 188 g/mol. The fourth-order valence-corrected chi connectivity index (χ4v) is 0.702. The number of carboxylic acid groups (broad SMARTS) is 1. The summed E-state index contributed by atoms with van der Waals surface area (Å²) in [4.78, 5) is 20.6. The molecule has 66 valence electrons. The normalized spacial score (nSPS) is 10.8. The van der Waals surface area contributed by atoms with Gasteiger partial charge in [0.15, 0.2) is 0 Å². The van der Waals surface area contributed by atoms with Crippen molar-refractivity contribution in [3.05, 3.63) is 22.7 Å². The first kappa shape index (κ1) is 10.6. The van der Waals surface area contributed by atoms with Gasteiger partial charge in [0.1, 0.15) is 0 Å². The molecule has 0 rings (SSSR count). The van der Waals surface area contributed by atoms with Crippen molar-refractivity contribution in [2.45, 2.75) is 0 Å². The smallest absolute Gasteiger partial charge is 0.378 e. The summed E-state index contributed by atoms with van der Waals surface area (Å²) in [5.74, 6) is -2.74. The third kappa shape index (κ3) is 3.67. The molecular weight excluding hydrogens is 180 g/mol. The highest BCUT2D eigenvalue weighted by molar-refractivity contribution is 8.05. The molecule has 0 aliphatic carbocycles. The lowest BCUT2D eigenvalue weighted by molar-refractivity contribution is -0.147. The van der Waals surface area contributed by atoms with E-state index in [1.54, 1.807) is 0 Å². The molecule has 0 aromatic carbocycles. The van der Waals surface area contributed by atoms with Gasteiger partial charge in [0.25, 0.3) is 5.78 Å². The fraction of sp³-hybridized carbons (Fsp3) is 0. The number of carbonyl (C=O) groups excluding carboxylic acids is 1. The first-order chi connectivity index (χ1) is 5.45. The second kappa shape index (κ2) is 4.45. The molecular formula is C6H8N2O3S. The van der Waals surface area contributed by atoms with E-state index in [2.05, 4.69) is 6.58 Å². The number of nitrogens with two attached hydrogens (primary N) is 2. The Morgan fingerprint density at radius 1 is 1.42 bits per heavy atom. The van der Waals surface area contributed by atoms with Crippen LogP contribution < -0.4 is 11.5 Å². The van der Waals surface area contributed by atoms with Gasteiger partial charge in [-0.15, -0.1) is 0 Å². The molecule has 0 aliphatic rings. The number of hydrogen-bond acceptors (Lipinski definition) is 5. The van der Waals surface area contributed by atoms with Gasteiger partial charge < -0.3 is 16.6 Å². The molecule has 0 aromatic rings. The lowest BCUT2D eigenvalue weighted by Crippen LogP contribution is -2.20. The van der Waals surface area contributed by atoms with Crippen LogP contribution in [0.2, 0.25) is 0 Å². The zero-order valence-electron chi connectivity index (χ0n) is 6.11. The van der Waals surface area contributed by atoms with Crippen molar-refractivity contribution >= 4 is 23.5 Å². The van der Waals surface area contributed by atoms with Crippen LogP contribution in [0.5, 0.6) is 0 Å². The van der Waals surface area contributed by atoms with E-state index in [4.69, 9.17) is 16.6 Å². The van der Waals surface area contributed by atoms with Gasteiger partial charge in [-0.3, -0.25) is 4.79 Å². The summed E-state index contributed by atoms with van der Waals surface area (Å²) in [7, 11) is 0. The summed E-state index contributed by atoms with van der Waals surface area (Å²) in [6, 6.07) is 0. The Morgan fingerprint density at radius 3 is 2.25 bits per heavy atom. The Bertz CT molecular complexity index is 260. The summed E-state index contributed by atoms with van der Waals surface area (Å²) >= 11 is 0.897. The predicted octanol–water partition coefficient (Wildman–Crippen LogP) is -0.397. The molecule has 0 spiro atoms. The SMILES string of the molecule is C=C(N)S/C=C(\N)C(=O)C(=O)O. The number of hydrogen-bond donors (Lipinski definition) is 3. The van der Waals surface area contributed by atoms with E-state index in [0.717, 1.165) is 17.2 Å². The van der Waals surface area contributed by atoms with Gasteiger partial charge >= 0.3 is 5.97 Å². The van der Waals surface area contributed by atoms with Crippen LogP contribution in [0.4, 0.5) is 0 Å². The van der Waals surface area contributed by atoms with Crippen LogP contribution in [0.15, 0.2) is 22.7 Å². The Balaban J connectivity index is 4.28. The molecule has 0 heterocycles. The van der Waals surface area contributed by atoms with Gasteiger partial charge in [0.05, 0.1) is 10.7 Å². The summed E-state index contributed by atoms with van der Waals surface area (Å²) in [5, 5.41) is 9.55. The highest BCUT2D eigenvalue weighted by atomic mass is 32.2. The minimum absolute atomic E-state index is 0.233. The van der Waals surface area contributed by atoms with E-state index in [9.17, 15) is 9.59 Å². The average Bonchev–Trinajstić information content (AvgIpc) is 1.98. The minimum Gasteiger partial charge on any atom is -0.475 e. The van der Waals surface area contributed by atoms with Crippen molar-refractivity contribution in [1.82, 2.24) is 0 Å². The Hall–Kier alpha value is -1.43. The van der Waals surface area contributed by atoms with Crippen LogP contribution in [0.3, 0.4) is 0 Å². The van der Waals surface area contributed by atoms with Crippen molar-refractivity contribution in [2.24, 2.45) is 11.5 Å². The Labute approximate surface area is 73.1 Å². The molecule has 6 heteroatoms. The summed E-state index contributed by atoms with van der Waals surface area (Å²) in [6.07, 6.45) is 0. The van der Waals surface area contributed by atoms with Gasteiger partial charge in [-0.1, -0.05) is 18.3 Å². The molecule has 5 nitrogen and oxygen atoms in total. The largest absolute Gasteiger partial charge is 0.475 e. The Morgan fingerprint density at radius 2 is 1.92 bits per heavy atom. The summed E-state index contributed by atoms with van der Waals surface area (Å²) in [5.41, 5.74) is 9.84. The number of ketones is 1. The second-order valence-corrected chi connectivity index (χ2v) is 2.79. The standard InChI is InChI=1S/C6H8N2O3S/c1-3(7)12-2-4(8)5(9)6(10)11/h2H,1,7-8H2,(H,10,11)/b4-2-. The molecule has 0 fully saturated rings. The molecule has 0 radical (unpaired) electrons. The van der Waals surface area contributed by atoms with Crippen LogP contribution in [-0.2, 0) is 9.59 Å². The molecule has 5 N–H and O–H groups in total. The topological polar surface area (TPSA) is 106 Å². The maximum Gasteiger partial charge on any atom is 0.378 e. The number of Topliss-reactive ketones (excluding diaryl/α,β-unsaturated/α-hetero) is 1. The van der Waals surface area contributed by atoms with Crippen molar-refractivity contribution < 1.29 is 14.7 Å². The number of thioether (sulfide) groups is 1. The molecule has 0 atom stereocenters. The Kier molecular flexibility index (Phi) is 3.92. The minimum atomic E-state index is -1.59. The van der Waals surface area contributed by atoms with Crippen molar-refractivity contribution in [1.29, 1.82) is 0 Å². The maximum absolute atomic E-state index is 10.6. The molecule has 0 saturated carbocycles. The van der Waals surface area contributed by atoms with Gasteiger partial charge in [0, 0.05) is 5.41 Å². The third-order valence-corrected chi connectivity index (χ3v) is 1.47. The van der Waals surface area contributed by atoms with Crippen molar-refractivity contribution in [3.63, 3.8) is 0 Å². The zero-order chi connectivity index (χ0) is 9.72.